The number of aromatic nitrogens is 1. The largest absolute Gasteiger partial charge is 0.374 e. The van der Waals surface area contributed by atoms with Gasteiger partial charge in [-0.3, -0.25) is 4.79 Å². The first kappa shape index (κ1) is 19.6. The summed E-state index contributed by atoms with van der Waals surface area (Å²) in [6, 6.07) is 24.7. The van der Waals surface area contributed by atoms with Gasteiger partial charge in [0, 0.05) is 17.8 Å². The monoisotopic (exact) mass is 412 g/mol. The highest BCUT2D eigenvalue weighted by molar-refractivity contribution is 7.18. The molecule has 0 fully saturated rings. The summed E-state index contributed by atoms with van der Waals surface area (Å²) in [5.41, 5.74) is 4.20. The van der Waals surface area contributed by atoms with Gasteiger partial charge in [-0.05, 0) is 55.0 Å². The molecular weight excluding hydrogens is 392 g/mol. The Kier molecular flexibility index (Phi) is 5.73. The lowest BCUT2D eigenvalue weighted by molar-refractivity contribution is -0.116. The van der Waals surface area contributed by atoms with E-state index in [2.05, 4.69) is 39.9 Å². The first-order chi connectivity index (χ1) is 14.6. The molecule has 4 aromatic rings. The molecule has 1 atom stereocenters. The van der Waals surface area contributed by atoms with E-state index in [0.29, 0.717) is 11.3 Å². The number of benzene rings is 3. The molecule has 5 nitrogen and oxygen atoms in total. The summed E-state index contributed by atoms with van der Waals surface area (Å²) in [7, 11) is 0. The number of carbonyl (C=O) groups excluding carboxylic acids is 1. The van der Waals surface area contributed by atoms with Gasteiger partial charge in [-0.25, -0.2) is 4.98 Å². The highest BCUT2D eigenvalue weighted by Crippen LogP contribution is 2.24. The average Bonchev–Trinajstić information content (AvgIpc) is 3.17. The summed E-state index contributed by atoms with van der Waals surface area (Å²) in [5.74, 6) is -0.163. The van der Waals surface area contributed by atoms with Gasteiger partial charge in [0.2, 0.25) is 5.91 Å². The van der Waals surface area contributed by atoms with Gasteiger partial charge in [-0.1, -0.05) is 30.3 Å². The van der Waals surface area contributed by atoms with E-state index in [0.717, 1.165) is 22.6 Å². The number of nitriles is 1. The third-order valence-electron chi connectivity index (χ3n) is 4.68. The van der Waals surface area contributed by atoms with Crippen LogP contribution in [0.5, 0.6) is 0 Å². The Morgan fingerprint density at radius 1 is 1.07 bits per heavy atom. The van der Waals surface area contributed by atoms with Crippen molar-refractivity contribution < 1.29 is 4.79 Å². The van der Waals surface area contributed by atoms with E-state index in [1.165, 1.54) is 10.3 Å². The molecule has 0 bridgehead atoms. The van der Waals surface area contributed by atoms with Crippen molar-refractivity contribution in [3.63, 3.8) is 0 Å². The first-order valence-corrected chi connectivity index (χ1v) is 10.4. The zero-order chi connectivity index (χ0) is 20.9. The fourth-order valence-electron chi connectivity index (χ4n) is 3.12. The van der Waals surface area contributed by atoms with Crippen LogP contribution in [0.1, 0.15) is 23.1 Å². The molecule has 2 N–H and O–H groups in total. The molecular formula is C24H20N4OS. The predicted octanol–water partition coefficient (Wildman–Crippen LogP) is 5.20. The van der Waals surface area contributed by atoms with Gasteiger partial charge in [0.1, 0.15) is 6.04 Å². The Hall–Kier alpha value is -3.69. The molecule has 0 radical (unpaired) electrons. The van der Waals surface area contributed by atoms with Gasteiger partial charge in [-0.2, -0.15) is 5.26 Å². The van der Waals surface area contributed by atoms with E-state index < -0.39 is 6.04 Å². The number of nitrogens with zero attached hydrogens (tertiary/aromatic N) is 2. The molecule has 0 unspecified atom stereocenters. The Balaban J connectivity index is 1.36. The van der Waals surface area contributed by atoms with Crippen molar-refractivity contribution in [3.8, 4) is 6.07 Å². The molecule has 1 amide bonds. The maximum atomic E-state index is 12.4. The zero-order valence-electron chi connectivity index (χ0n) is 16.4. The molecule has 0 aliphatic heterocycles. The summed E-state index contributed by atoms with van der Waals surface area (Å²) >= 11 is 1.71. The van der Waals surface area contributed by atoms with E-state index in [1.54, 1.807) is 42.5 Å². The fraction of sp³-hybridized carbons (Fsp3) is 0.125. The second-order valence-corrected chi connectivity index (χ2v) is 8.11. The van der Waals surface area contributed by atoms with Crippen molar-refractivity contribution in [3.05, 3.63) is 88.9 Å². The van der Waals surface area contributed by atoms with Crippen LogP contribution >= 0.6 is 11.3 Å². The quantitative estimate of drug-likeness (QED) is 0.456. The lowest BCUT2D eigenvalue weighted by Gasteiger charge is -2.15. The van der Waals surface area contributed by atoms with Crippen molar-refractivity contribution in [2.75, 3.05) is 10.6 Å². The topological polar surface area (TPSA) is 77.8 Å². The van der Waals surface area contributed by atoms with Crippen molar-refractivity contribution in [1.29, 1.82) is 5.26 Å². The minimum absolute atomic E-state index is 0.163. The van der Waals surface area contributed by atoms with E-state index in [-0.39, 0.29) is 5.91 Å². The molecule has 1 heterocycles. The third kappa shape index (κ3) is 4.65. The molecule has 1 aromatic heterocycles. The van der Waals surface area contributed by atoms with Gasteiger partial charge in [0.15, 0.2) is 0 Å². The molecule has 6 heteroatoms. The summed E-state index contributed by atoms with van der Waals surface area (Å²) < 4.78 is 1.20. The zero-order valence-corrected chi connectivity index (χ0v) is 17.2. The van der Waals surface area contributed by atoms with Crippen molar-refractivity contribution >= 4 is 38.8 Å². The molecule has 148 valence electrons. The van der Waals surface area contributed by atoms with Gasteiger partial charge >= 0.3 is 0 Å². The number of nitrogens with one attached hydrogen (secondary N) is 2. The van der Waals surface area contributed by atoms with E-state index >= 15 is 0 Å². The number of amides is 1. The highest BCUT2D eigenvalue weighted by Gasteiger charge is 2.13. The molecule has 0 aliphatic rings. The van der Waals surface area contributed by atoms with E-state index in [1.807, 2.05) is 30.3 Å². The number of thiazole rings is 1. The minimum atomic E-state index is -0.425. The number of para-hydroxylation sites is 1. The van der Waals surface area contributed by atoms with Crippen molar-refractivity contribution in [1.82, 2.24) is 4.98 Å². The predicted molar refractivity (Wildman–Crippen MR) is 122 cm³/mol. The number of anilines is 2. The van der Waals surface area contributed by atoms with Crippen molar-refractivity contribution in [2.45, 2.75) is 19.4 Å². The van der Waals surface area contributed by atoms with Crippen LogP contribution in [0.2, 0.25) is 0 Å². The lowest BCUT2D eigenvalue weighted by atomic mass is 10.1. The molecule has 0 aliphatic carbocycles. The second-order valence-electron chi connectivity index (χ2n) is 7.00. The Morgan fingerprint density at radius 2 is 1.87 bits per heavy atom. The summed E-state index contributed by atoms with van der Waals surface area (Å²) in [5, 5.41) is 16.1. The molecule has 4 rings (SSSR count). The van der Waals surface area contributed by atoms with Crippen LogP contribution in [0, 0.1) is 11.3 Å². The SMILES string of the molecule is C[C@H](Nc1ccc(Cc2nc3ccccc3s2)cc1)C(=O)Nc1cccc(C#N)c1. The lowest BCUT2D eigenvalue weighted by Crippen LogP contribution is -2.31. The van der Waals surface area contributed by atoms with Gasteiger partial charge in [0.25, 0.3) is 0 Å². The minimum Gasteiger partial charge on any atom is -0.374 e. The summed E-state index contributed by atoms with van der Waals surface area (Å²) in [6.07, 6.45) is 0.783. The maximum Gasteiger partial charge on any atom is 0.246 e. The van der Waals surface area contributed by atoms with Gasteiger partial charge in [-0.15, -0.1) is 11.3 Å². The Bertz CT molecular complexity index is 1190. The number of fused-ring (bicyclic) bond motifs is 1. The van der Waals surface area contributed by atoms with Crippen LogP contribution in [0.3, 0.4) is 0 Å². The van der Waals surface area contributed by atoms with E-state index in [4.69, 9.17) is 5.26 Å². The fourth-order valence-corrected chi connectivity index (χ4v) is 4.12. The molecule has 30 heavy (non-hydrogen) atoms. The normalized spacial score (nSPS) is 11.6. The standard InChI is InChI=1S/C24H20N4OS/c1-16(24(29)27-20-6-4-5-18(13-20)15-25)26-19-11-9-17(10-12-19)14-23-28-21-7-2-3-8-22(21)30-23/h2-13,16,26H,14H2,1H3,(H,27,29)/t16-/m0/s1. The molecule has 3 aromatic carbocycles. The molecule has 0 saturated heterocycles. The van der Waals surface area contributed by atoms with Crippen LogP contribution in [0.15, 0.2) is 72.8 Å². The van der Waals surface area contributed by atoms with Crippen LogP contribution in [0.25, 0.3) is 10.2 Å². The van der Waals surface area contributed by atoms with Crippen LogP contribution in [-0.2, 0) is 11.2 Å². The molecule has 0 spiro atoms. The summed E-state index contributed by atoms with van der Waals surface area (Å²) in [4.78, 5) is 17.1. The van der Waals surface area contributed by atoms with Crippen LogP contribution in [0.4, 0.5) is 11.4 Å². The van der Waals surface area contributed by atoms with Crippen LogP contribution in [-0.4, -0.2) is 16.9 Å². The van der Waals surface area contributed by atoms with Crippen LogP contribution < -0.4 is 10.6 Å². The highest BCUT2D eigenvalue weighted by atomic mass is 32.1. The third-order valence-corrected chi connectivity index (χ3v) is 5.72. The Labute approximate surface area is 179 Å². The summed E-state index contributed by atoms with van der Waals surface area (Å²) in [6.45, 7) is 1.80. The number of carbonyl (C=O) groups is 1. The number of hydrogen-bond acceptors (Lipinski definition) is 5. The van der Waals surface area contributed by atoms with Crippen molar-refractivity contribution in [2.24, 2.45) is 0 Å². The second kappa shape index (κ2) is 8.76. The Morgan fingerprint density at radius 3 is 2.63 bits per heavy atom. The average molecular weight is 413 g/mol. The maximum absolute atomic E-state index is 12.4. The number of hydrogen-bond donors (Lipinski definition) is 2. The first-order valence-electron chi connectivity index (χ1n) is 9.62. The molecule has 0 saturated carbocycles. The van der Waals surface area contributed by atoms with E-state index in [9.17, 15) is 4.79 Å². The smallest absolute Gasteiger partial charge is 0.246 e. The van der Waals surface area contributed by atoms with Gasteiger partial charge in [0.05, 0.1) is 26.9 Å². The number of rotatable bonds is 6. The van der Waals surface area contributed by atoms with Gasteiger partial charge < -0.3 is 10.6 Å².